The Morgan fingerprint density at radius 3 is 2.70 bits per heavy atom. The lowest BCUT2D eigenvalue weighted by Crippen LogP contribution is -2.36. The van der Waals surface area contributed by atoms with Gasteiger partial charge in [-0.1, -0.05) is 41.4 Å². The van der Waals surface area contributed by atoms with Gasteiger partial charge < -0.3 is 10.2 Å². The number of carbonyl (C=O) groups excluding carboxylic acids is 1. The summed E-state index contributed by atoms with van der Waals surface area (Å²) in [7, 11) is 4.07. The molecule has 0 bridgehead atoms. The number of allylic oxidation sites excluding steroid dienone is 2. The van der Waals surface area contributed by atoms with E-state index in [2.05, 4.69) is 22.4 Å². The summed E-state index contributed by atoms with van der Waals surface area (Å²) in [5.74, 6) is 0.153. The average Bonchev–Trinajstić information content (AvgIpc) is 2.51. The highest BCUT2D eigenvalue weighted by atomic mass is 35.5. The maximum atomic E-state index is 12.6. The number of carbonyl (C=O) groups is 1. The summed E-state index contributed by atoms with van der Waals surface area (Å²) in [5.41, 5.74) is 1.01. The van der Waals surface area contributed by atoms with E-state index in [-0.39, 0.29) is 17.7 Å². The van der Waals surface area contributed by atoms with E-state index in [0.29, 0.717) is 16.6 Å². The molecule has 1 aliphatic carbocycles. The summed E-state index contributed by atoms with van der Waals surface area (Å²) in [4.78, 5) is 14.7. The van der Waals surface area contributed by atoms with Gasteiger partial charge in [0, 0.05) is 28.4 Å². The Kier molecular flexibility index (Phi) is 6.94. The maximum Gasteiger partial charge on any atom is 0.224 e. The minimum atomic E-state index is -0.0713. The van der Waals surface area contributed by atoms with Crippen LogP contribution in [0.3, 0.4) is 0 Å². The van der Waals surface area contributed by atoms with Crippen LogP contribution in [0.15, 0.2) is 30.4 Å². The van der Waals surface area contributed by atoms with Crippen molar-refractivity contribution in [2.45, 2.75) is 25.2 Å². The Balaban J connectivity index is 2.03. The molecule has 2 unspecified atom stereocenters. The molecule has 0 saturated carbocycles. The molecule has 5 heteroatoms. The van der Waals surface area contributed by atoms with E-state index >= 15 is 0 Å². The lowest BCUT2D eigenvalue weighted by atomic mass is 9.78. The molecule has 0 spiro atoms. The SMILES string of the molecule is CN(C)CCCNC(=O)C1CC=CCC1c1ccc(Cl)cc1Cl. The van der Waals surface area contributed by atoms with Gasteiger partial charge in [0.05, 0.1) is 0 Å². The molecule has 1 amide bonds. The largest absolute Gasteiger partial charge is 0.356 e. The van der Waals surface area contributed by atoms with Crippen LogP contribution in [-0.2, 0) is 4.79 Å². The fraction of sp³-hybridized carbons (Fsp3) is 0.500. The number of nitrogens with zero attached hydrogens (tertiary/aromatic N) is 1. The number of nitrogens with one attached hydrogen (secondary N) is 1. The number of hydrogen-bond acceptors (Lipinski definition) is 2. The first kappa shape index (κ1) is 18.3. The highest BCUT2D eigenvalue weighted by molar-refractivity contribution is 6.35. The van der Waals surface area contributed by atoms with Gasteiger partial charge in [-0.25, -0.2) is 0 Å². The van der Waals surface area contributed by atoms with E-state index in [1.165, 1.54) is 0 Å². The Morgan fingerprint density at radius 2 is 2.00 bits per heavy atom. The van der Waals surface area contributed by atoms with Crippen molar-refractivity contribution in [3.8, 4) is 0 Å². The molecule has 2 rings (SSSR count). The van der Waals surface area contributed by atoms with Crippen LogP contribution in [-0.4, -0.2) is 38.0 Å². The Labute approximate surface area is 148 Å². The minimum Gasteiger partial charge on any atom is -0.356 e. The molecule has 0 fully saturated rings. The zero-order chi connectivity index (χ0) is 16.8. The molecule has 0 aromatic heterocycles. The van der Waals surface area contributed by atoms with Gasteiger partial charge in [0.25, 0.3) is 0 Å². The molecular formula is C18H24Cl2N2O. The molecule has 3 nitrogen and oxygen atoms in total. The van der Waals surface area contributed by atoms with E-state index in [0.717, 1.165) is 31.4 Å². The predicted octanol–water partition coefficient (Wildman–Crippen LogP) is 4.11. The molecule has 0 aliphatic heterocycles. The second kappa shape index (κ2) is 8.72. The second-order valence-electron chi connectivity index (χ2n) is 6.27. The summed E-state index contributed by atoms with van der Waals surface area (Å²) in [6, 6.07) is 5.54. The highest BCUT2D eigenvalue weighted by Crippen LogP contribution is 2.38. The number of rotatable bonds is 6. The quantitative estimate of drug-likeness (QED) is 0.615. The molecule has 0 heterocycles. The van der Waals surface area contributed by atoms with Gasteiger partial charge in [0.1, 0.15) is 0 Å². The van der Waals surface area contributed by atoms with Crippen LogP contribution in [0.2, 0.25) is 10.0 Å². The average molecular weight is 355 g/mol. The van der Waals surface area contributed by atoms with Crippen molar-refractivity contribution in [2.75, 3.05) is 27.2 Å². The fourth-order valence-electron chi connectivity index (χ4n) is 2.99. The standard InChI is InChI=1S/C18H24Cl2N2O/c1-22(2)11-5-10-21-18(23)16-7-4-3-6-14(16)15-9-8-13(19)12-17(15)20/h3-4,8-9,12,14,16H,5-7,10-11H2,1-2H3,(H,21,23). The van der Waals surface area contributed by atoms with Crippen LogP contribution in [0.1, 0.15) is 30.7 Å². The van der Waals surface area contributed by atoms with E-state index < -0.39 is 0 Å². The van der Waals surface area contributed by atoms with Gasteiger partial charge in [-0.2, -0.15) is 0 Å². The van der Waals surface area contributed by atoms with Gasteiger partial charge in [-0.15, -0.1) is 0 Å². The zero-order valence-corrected chi connectivity index (χ0v) is 15.2. The number of benzene rings is 1. The van der Waals surface area contributed by atoms with Crippen LogP contribution in [0.25, 0.3) is 0 Å². The molecule has 2 atom stereocenters. The van der Waals surface area contributed by atoms with Crippen molar-refractivity contribution in [1.29, 1.82) is 0 Å². The van der Waals surface area contributed by atoms with Gasteiger partial charge in [0.15, 0.2) is 0 Å². The number of hydrogen-bond donors (Lipinski definition) is 1. The third-order valence-electron chi connectivity index (χ3n) is 4.21. The van der Waals surface area contributed by atoms with Crippen molar-refractivity contribution in [3.05, 3.63) is 46.0 Å². The summed E-state index contributed by atoms with van der Waals surface area (Å²) in [6.45, 7) is 1.68. The molecule has 0 saturated heterocycles. The first-order valence-corrected chi connectivity index (χ1v) is 8.77. The maximum absolute atomic E-state index is 12.6. The summed E-state index contributed by atoms with van der Waals surface area (Å²) < 4.78 is 0. The minimum absolute atomic E-state index is 0.0713. The molecule has 1 aromatic rings. The lowest BCUT2D eigenvalue weighted by molar-refractivity contribution is -0.125. The highest BCUT2D eigenvalue weighted by Gasteiger charge is 2.31. The molecular weight excluding hydrogens is 331 g/mol. The van der Waals surface area contributed by atoms with Crippen molar-refractivity contribution < 1.29 is 4.79 Å². The Bertz CT molecular complexity index is 572. The summed E-state index contributed by atoms with van der Waals surface area (Å²) >= 11 is 12.3. The van der Waals surface area contributed by atoms with E-state index in [9.17, 15) is 4.79 Å². The van der Waals surface area contributed by atoms with Crippen LogP contribution < -0.4 is 5.32 Å². The van der Waals surface area contributed by atoms with Crippen molar-refractivity contribution in [3.63, 3.8) is 0 Å². The Hall–Kier alpha value is -1.03. The first-order chi connectivity index (χ1) is 11.0. The molecule has 0 radical (unpaired) electrons. The third-order valence-corrected chi connectivity index (χ3v) is 4.77. The van der Waals surface area contributed by atoms with Crippen molar-refractivity contribution in [2.24, 2.45) is 5.92 Å². The second-order valence-corrected chi connectivity index (χ2v) is 7.11. The van der Waals surface area contributed by atoms with Gasteiger partial charge in [-0.05, 0) is 57.6 Å². The van der Waals surface area contributed by atoms with E-state index in [1.54, 1.807) is 6.07 Å². The normalized spacial score (nSPS) is 20.7. The first-order valence-electron chi connectivity index (χ1n) is 8.01. The van der Waals surface area contributed by atoms with Crippen molar-refractivity contribution in [1.82, 2.24) is 10.2 Å². The van der Waals surface area contributed by atoms with E-state index in [1.807, 2.05) is 26.2 Å². The van der Waals surface area contributed by atoms with Crippen LogP contribution in [0, 0.1) is 5.92 Å². The molecule has 126 valence electrons. The third kappa shape index (κ3) is 5.23. The summed E-state index contributed by atoms with van der Waals surface area (Å²) in [6.07, 6.45) is 6.75. The lowest BCUT2D eigenvalue weighted by Gasteiger charge is -2.28. The number of halogens is 2. The van der Waals surface area contributed by atoms with Gasteiger partial charge in [-0.3, -0.25) is 4.79 Å². The fourth-order valence-corrected chi connectivity index (χ4v) is 3.54. The van der Waals surface area contributed by atoms with Crippen molar-refractivity contribution >= 4 is 29.1 Å². The molecule has 1 N–H and O–H groups in total. The smallest absolute Gasteiger partial charge is 0.224 e. The Morgan fingerprint density at radius 1 is 1.26 bits per heavy atom. The van der Waals surface area contributed by atoms with E-state index in [4.69, 9.17) is 23.2 Å². The van der Waals surface area contributed by atoms with Gasteiger partial charge in [0.2, 0.25) is 5.91 Å². The predicted molar refractivity (Wildman–Crippen MR) is 97.2 cm³/mol. The molecule has 1 aliphatic rings. The van der Waals surface area contributed by atoms with Gasteiger partial charge >= 0.3 is 0 Å². The van der Waals surface area contributed by atoms with Crippen LogP contribution in [0.4, 0.5) is 0 Å². The number of amides is 1. The van der Waals surface area contributed by atoms with Crippen LogP contribution in [0.5, 0.6) is 0 Å². The zero-order valence-electron chi connectivity index (χ0n) is 13.7. The molecule has 23 heavy (non-hydrogen) atoms. The van der Waals surface area contributed by atoms with Crippen LogP contribution >= 0.6 is 23.2 Å². The topological polar surface area (TPSA) is 32.3 Å². The molecule has 1 aromatic carbocycles. The monoisotopic (exact) mass is 354 g/mol. The summed E-state index contributed by atoms with van der Waals surface area (Å²) in [5, 5.41) is 4.33.